The highest BCUT2D eigenvalue weighted by Gasteiger charge is 2.24. The van der Waals surface area contributed by atoms with Gasteiger partial charge < -0.3 is 10.0 Å². The fourth-order valence-corrected chi connectivity index (χ4v) is 3.32. The summed E-state index contributed by atoms with van der Waals surface area (Å²) in [5.74, 6) is 7.27. The lowest BCUT2D eigenvalue weighted by Crippen LogP contribution is -2.44. The Bertz CT molecular complexity index is 565. The van der Waals surface area contributed by atoms with Gasteiger partial charge >= 0.3 is 0 Å². The number of hydrogen-bond donors (Lipinski definition) is 1. The Morgan fingerprint density at radius 1 is 1.60 bits per heavy atom. The molecule has 1 aliphatic heterocycles. The average Bonchev–Trinajstić information content (AvgIpc) is 2.46. The van der Waals surface area contributed by atoms with E-state index >= 15 is 0 Å². The molecule has 1 atom stereocenters. The molecule has 1 fully saturated rings. The number of benzene rings is 1. The average molecular weight is 310 g/mol. The molecule has 0 aromatic heterocycles. The van der Waals surface area contributed by atoms with E-state index in [1.54, 1.807) is 18.2 Å². The molecule has 0 aliphatic carbocycles. The smallest absolute Gasteiger partial charge is 0.254 e. The second-order valence-electron chi connectivity index (χ2n) is 4.58. The number of nitrogens with zero attached hydrogens (tertiary/aromatic N) is 1. The van der Waals surface area contributed by atoms with Crippen LogP contribution in [0.3, 0.4) is 0 Å². The SMILES string of the molecule is CC1CSCCN1C(=O)c1ccc(C#CCO)c(Cl)c1. The maximum absolute atomic E-state index is 12.5. The van der Waals surface area contributed by atoms with Crippen molar-refractivity contribution in [1.82, 2.24) is 4.90 Å². The number of hydrogen-bond acceptors (Lipinski definition) is 3. The third kappa shape index (κ3) is 3.49. The van der Waals surface area contributed by atoms with Crippen LogP contribution in [0.5, 0.6) is 0 Å². The van der Waals surface area contributed by atoms with Crippen LogP contribution in [-0.4, -0.2) is 46.6 Å². The Kier molecular flexibility index (Phi) is 5.36. The molecule has 1 aromatic rings. The van der Waals surface area contributed by atoms with E-state index in [4.69, 9.17) is 16.7 Å². The number of thioether (sulfide) groups is 1. The summed E-state index contributed by atoms with van der Waals surface area (Å²) in [6, 6.07) is 5.36. The van der Waals surface area contributed by atoms with Gasteiger partial charge in [-0.3, -0.25) is 4.79 Å². The number of carbonyl (C=O) groups is 1. The van der Waals surface area contributed by atoms with Crippen LogP contribution in [0.25, 0.3) is 0 Å². The van der Waals surface area contributed by atoms with Crippen molar-refractivity contribution < 1.29 is 9.90 Å². The molecule has 0 radical (unpaired) electrons. The fraction of sp³-hybridized carbons (Fsp3) is 0.400. The van der Waals surface area contributed by atoms with E-state index < -0.39 is 0 Å². The van der Waals surface area contributed by atoms with Crippen molar-refractivity contribution in [1.29, 1.82) is 0 Å². The number of halogens is 1. The van der Waals surface area contributed by atoms with Gasteiger partial charge in [0, 0.05) is 35.2 Å². The van der Waals surface area contributed by atoms with E-state index in [1.165, 1.54) is 0 Å². The zero-order valence-corrected chi connectivity index (χ0v) is 12.8. The summed E-state index contributed by atoms with van der Waals surface area (Å²) in [5.41, 5.74) is 1.21. The van der Waals surface area contributed by atoms with E-state index in [0.717, 1.165) is 18.1 Å². The minimum Gasteiger partial charge on any atom is -0.384 e. The Balaban J connectivity index is 2.20. The van der Waals surface area contributed by atoms with Crippen molar-refractivity contribution >= 4 is 29.3 Å². The first-order chi connectivity index (χ1) is 9.63. The van der Waals surface area contributed by atoms with Crippen LogP contribution in [0.1, 0.15) is 22.8 Å². The lowest BCUT2D eigenvalue weighted by Gasteiger charge is -2.33. The Morgan fingerprint density at radius 3 is 3.05 bits per heavy atom. The standard InChI is InChI=1S/C15H16ClNO2S/c1-11-10-20-8-6-17(11)15(19)13-5-4-12(3-2-7-18)14(16)9-13/h4-5,9,11,18H,6-8,10H2,1H3. The van der Waals surface area contributed by atoms with E-state index in [1.807, 2.05) is 16.7 Å². The number of aliphatic hydroxyl groups excluding tert-OH is 1. The van der Waals surface area contributed by atoms with Crippen LogP contribution in [0.2, 0.25) is 5.02 Å². The molecule has 1 saturated heterocycles. The van der Waals surface area contributed by atoms with Gasteiger partial charge in [0.05, 0.1) is 5.02 Å². The fourth-order valence-electron chi connectivity index (χ4n) is 2.08. The van der Waals surface area contributed by atoms with Gasteiger partial charge in [-0.25, -0.2) is 0 Å². The highest BCUT2D eigenvalue weighted by atomic mass is 35.5. The molecule has 5 heteroatoms. The molecule has 0 bridgehead atoms. The summed E-state index contributed by atoms with van der Waals surface area (Å²) < 4.78 is 0. The minimum atomic E-state index is -0.208. The first-order valence-electron chi connectivity index (χ1n) is 6.41. The molecule has 0 saturated carbocycles. The molecule has 2 rings (SSSR count). The largest absolute Gasteiger partial charge is 0.384 e. The van der Waals surface area contributed by atoms with Gasteiger partial charge in [0.1, 0.15) is 6.61 Å². The molecule has 1 heterocycles. The second kappa shape index (κ2) is 7.03. The van der Waals surface area contributed by atoms with Crippen molar-refractivity contribution in [2.45, 2.75) is 13.0 Å². The predicted molar refractivity (Wildman–Crippen MR) is 83.2 cm³/mol. The van der Waals surface area contributed by atoms with Crippen LogP contribution in [0.4, 0.5) is 0 Å². The molecule has 3 nitrogen and oxygen atoms in total. The van der Waals surface area contributed by atoms with Gasteiger partial charge in [-0.1, -0.05) is 23.4 Å². The van der Waals surface area contributed by atoms with E-state index in [0.29, 0.717) is 16.1 Å². The van der Waals surface area contributed by atoms with Gasteiger partial charge in [-0.05, 0) is 25.1 Å². The second-order valence-corrected chi connectivity index (χ2v) is 6.13. The summed E-state index contributed by atoms with van der Waals surface area (Å²) in [5, 5.41) is 9.12. The van der Waals surface area contributed by atoms with E-state index in [-0.39, 0.29) is 18.6 Å². The van der Waals surface area contributed by atoms with Gasteiger partial charge in [0.25, 0.3) is 5.91 Å². The Hall–Kier alpha value is -1.15. The molecule has 1 unspecified atom stereocenters. The molecule has 20 heavy (non-hydrogen) atoms. The van der Waals surface area contributed by atoms with Crippen LogP contribution in [0.15, 0.2) is 18.2 Å². The third-order valence-corrected chi connectivity index (χ3v) is 4.65. The van der Waals surface area contributed by atoms with Gasteiger partial charge in [-0.2, -0.15) is 11.8 Å². The number of amides is 1. The molecule has 1 amide bonds. The summed E-state index contributed by atoms with van der Waals surface area (Å²) in [6.07, 6.45) is 0. The van der Waals surface area contributed by atoms with Crippen molar-refractivity contribution in [3.8, 4) is 11.8 Å². The molecule has 0 spiro atoms. The highest BCUT2D eigenvalue weighted by molar-refractivity contribution is 7.99. The van der Waals surface area contributed by atoms with Crippen molar-refractivity contribution in [3.63, 3.8) is 0 Å². The van der Waals surface area contributed by atoms with Crippen molar-refractivity contribution in [2.24, 2.45) is 0 Å². The predicted octanol–water partition coefficient (Wildman–Crippen LogP) is 2.26. The monoisotopic (exact) mass is 309 g/mol. The van der Waals surface area contributed by atoms with Crippen molar-refractivity contribution in [2.75, 3.05) is 24.7 Å². The van der Waals surface area contributed by atoms with Crippen LogP contribution >= 0.6 is 23.4 Å². The maximum Gasteiger partial charge on any atom is 0.254 e. The van der Waals surface area contributed by atoms with Crippen molar-refractivity contribution in [3.05, 3.63) is 34.3 Å². The van der Waals surface area contributed by atoms with E-state index in [9.17, 15) is 4.79 Å². The minimum absolute atomic E-state index is 0.0152. The molecular weight excluding hydrogens is 294 g/mol. The zero-order chi connectivity index (χ0) is 14.5. The van der Waals surface area contributed by atoms with Gasteiger partial charge in [0.2, 0.25) is 0 Å². The van der Waals surface area contributed by atoms with Gasteiger partial charge in [-0.15, -0.1) is 0 Å². The number of rotatable bonds is 1. The Morgan fingerprint density at radius 2 is 2.40 bits per heavy atom. The quantitative estimate of drug-likeness (QED) is 0.809. The highest BCUT2D eigenvalue weighted by Crippen LogP contribution is 2.22. The summed E-state index contributed by atoms with van der Waals surface area (Å²) in [7, 11) is 0. The van der Waals surface area contributed by atoms with Crippen LogP contribution < -0.4 is 0 Å². The molecule has 1 N–H and O–H groups in total. The first kappa shape index (κ1) is 15.2. The summed E-state index contributed by atoms with van der Waals surface area (Å²) in [6.45, 7) is 2.63. The Labute approximate surface area is 128 Å². The summed E-state index contributed by atoms with van der Waals surface area (Å²) in [4.78, 5) is 14.4. The molecule has 1 aliphatic rings. The topological polar surface area (TPSA) is 40.5 Å². The van der Waals surface area contributed by atoms with E-state index in [2.05, 4.69) is 18.8 Å². The maximum atomic E-state index is 12.5. The lowest BCUT2D eigenvalue weighted by atomic mass is 10.1. The lowest BCUT2D eigenvalue weighted by molar-refractivity contribution is 0.0716. The molecule has 106 valence electrons. The zero-order valence-electron chi connectivity index (χ0n) is 11.2. The van der Waals surface area contributed by atoms with Gasteiger partial charge in [0.15, 0.2) is 0 Å². The summed E-state index contributed by atoms with van der Waals surface area (Å²) >= 11 is 8.00. The van der Waals surface area contributed by atoms with Crippen LogP contribution in [-0.2, 0) is 0 Å². The molecule has 1 aromatic carbocycles. The number of carbonyl (C=O) groups excluding carboxylic acids is 1. The first-order valence-corrected chi connectivity index (χ1v) is 7.94. The van der Waals surface area contributed by atoms with Crippen LogP contribution in [0, 0.1) is 11.8 Å². The number of aliphatic hydroxyl groups is 1. The third-order valence-electron chi connectivity index (χ3n) is 3.15. The normalized spacial score (nSPS) is 18.4. The molecular formula is C15H16ClNO2S.